The molecule has 8 nitrogen and oxygen atoms in total. The molecular weight excluding hydrogens is 597 g/mol. The summed E-state index contributed by atoms with van der Waals surface area (Å²) in [5.74, 6) is -0.557. The zero-order valence-corrected chi connectivity index (χ0v) is 26.0. The molecule has 4 rings (SSSR count). The first-order chi connectivity index (χ1) is 20.1. The number of anilines is 1. The molecule has 1 unspecified atom stereocenters. The van der Waals surface area contributed by atoms with E-state index in [4.69, 9.17) is 27.9 Å². The molecule has 1 fully saturated rings. The Morgan fingerprint density at radius 1 is 0.976 bits per heavy atom. The predicted molar refractivity (Wildman–Crippen MR) is 165 cm³/mol. The molecule has 1 aliphatic rings. The summed E-state index contributed by atoms with van der Waals surface area (Å²) in [7, 11) is -4.21. The lowest BCUT2D eigenvalue weighted by Crippen LogP contribution is -2.52. The number of carbonyl (C=O) groups excluding carboxylic acids is 2. The van der Waals surface area contributed by atoms with Gasteiger partial charge >= 0.3 is 0 Å². The van der Waals surface area contributed by atoms with Crippen molar-refractivity contribution in [1.29, 1.82) is 0 Å². The van der Waals surface area contributed by atoms with Gasteiger partial charge < -0.3 is 15.0 Å². The quantitative estimate of drug-likeness (QED) is 0.262. The average Bonchev–Trinajstić information content (AvgIpc) is 3.50. The van der Waals surface area contributed by atoms with Gasteiger partial charge in [-0.2, -0.15) is 0 Å². The van der Waals surface area contributed by atoms with Crippen molar-refractivity contribution in [2.24, 2.45) is 0 Å². The highest BCUT2D eigenvalue weighted by molar-refractivity contribution is 7.92. The Bertz CT molecular complexity index is 1500. The van der Waals surface area contributed by atoms with Gasteiger partial charge in [0.2, 0.25) is 11.8 Å². The lowest BCUT2D eigenvalue weighted by Gasteiger charge is -2.33. The van der Waals surface area contributed by atoms with Gasteiger partial charge in [-0.05, 0) is 68.7 Å². The summed E-state index contributed by atoms with van der Waals surface area (Å²) < 4.78 is 34.8. The van der Waals surface area contributed by atoms with E-state index in [1.807, 2.05) is 0 Å². The topological polar surface area (TPSA) is 96.0 Å². The number of para-hydroxylation sites is 2. The van der Waals surface area contributed by atoms with Gasteiger partial charge in [0.25, 0.3) is 10.0 Å². The molecule has 0 heterocycles. The minimum absolute atomic E-state index is 0.0152. The summed E-state index contributed by atoms with van der Waals surface area (Å²) in [6.45, 7) is 3.18. The lowest BCUT2D eigenvalue weighted by atomic mass is 10.1. The Labute approximate surface area is 257 Å². The Balaban J connectivity index is 1.72. The summed E-state index contributed by atoms with van der Waals surface area (Å²) >= 11 is 12.4. The van der Waals surface area contributed by atoms with Crippen LogP contribution in [-0.2, 0) is 26.2 Å². The molecule has 3 aromatic carbocycles. The lowest BCUT2D eigenvalue weighted by molar-refractivity contribution is -0.139. The van der Waals surface area contributed by atoms with E-state index in [2.05, 4.69) is 5.32 Å². The van der Waals surface area contributed by atoms with Crippen LogP contribution in [0.1, 0.15) is 45.1 Å². The number of ether oxygens (including phenoxy) is 1. The molecule has 224 valence electrons. The number of rotatable bonds is 12. The fourth-order valence-corrected chi connectivity index (χ4v) is 6.75. The molecule has 1 aliphatic carbocycles. The van der Waals surface area contributed by atoms with Crippen LogP contribution in [-0.4, -0.2) is 50.4 Å². The van der Waals surface area contributed by atoms with Gasteiger partial charge in [-0.1, -0.05) is 72.4 Å². The van der Waals surface area contributed by atoms with Gasteiger partial charge in [0.1, 0.15) is 18.3 Å². The highest BCUT2D eigenvalue weighted by atomic mass is 35.5. The van der Waals surface area contributed by atoms with Crippen molar-refractivity contribution in [3.8, 4) is 5.75 Å². The monoisotopic (exact) mass is 631 g/mol. The number of hydrogen-bond acceptors (Lipinski definition) is 5. The molecule has 0 aromatic heterocycles. The third-order valence-electron chi connectivity index (χ3n) is 7.25. The first-order valence-corrected chi connectivity index (χ1v) is 16.1. The number of sulfonamides is 1. The normalized spacial score (nSPS) is 14.3. The number of nitrogens with zero attached hydrogens (tertiary/aromatic N) is 2. The third-order valence-corrected chi connectivity index (χ3v) is 9.76. The summed E-state index contributed by atoms with van der Waals surface area (Å²) in [5, 5.41) is 3.72. The van der Waals surface area contributed by atoms with Crippen LogP contribution in [0.5, 0.6) is 5.75 Å². The van der Waals surface area contributed by atoms with Crippen LogP contribution in [0.15, 0.2) is 77.7 Å². The highest BCUT2D eigenvalue weighted by Gasteiger charge is 2.34. The minimum atomic E-state index is -4.21. The molecule has 1 atom stereocenters. The van der Waals surface area contributed by atoms with Crippen molar-refractivity contribution in [3.05, 3.63) is 88.4 Å². The standard InChI is InChI=1S/C31H35Cl2N3O5S/c1-3-41-29-16-10-9-15-28(29)36(42(39,40)25-13-5-4-6-14-25)21-30(37)35(20-23-17-18-26(32)27(33)19-23)22(2)31(38)34-24-11-7-8-12-24/h4-6,9-10,13-19,22,24H,3,7-8,11-12,20-21H2,1-2H3,(H,34,38). The fourth-order valence-electron chi connectivity index (χ4n) is 4.98. The zero-order valence-electron chi connectivity index (χ0n) is 23.6. The van der Waals surface area contributed by atoms with E-state index < -0.39 is 28.5 Å². The molecule has 11 heteroatoms. The van der Waals surface area contributed by atoms with E-state index in [0.29, 0.717) is 28.0 Å². The highest BCUT2D eigenvalue weighted by Crippen LogP contribution is 2.33. The number of halogens is 2. The van der Waals surface area contributed by atoms with Crippen LogP contribution in [0.25, 0.3) is 0 Å². The molecule has 2 amide bonds. The van der Waals surface area contributed by atoms with Crippen LogP contribution in [0.2, 0.25) is 10.0 Å². The smallest absolute Gasteiger partial charge is 0.264 e. The second kappa shape index (κ2) is 14.3. The largest absolute Gasteiger partial charge is 0.492 e. The maximum Gasteiger partial charge on any atom is 0.264 e. The second-order valence-electron chi connectivity index (χ2n) is 10.2. The first kappa shape index (κ1) is 31.7. The van der Waals surface area contributed by atoms with Gasteiger partial charge in [0, 0.05) is 12.6 Å². The van der Waals surface area contributed by atoms with Gasteiger partial charge in [-0.15, -0.1) is 0 Å². The van der Waals surface area contributed by atoms with Crippen LogP contribution in [0.4, 0.5) is 5.69 Å². The fraction of sp³-hybridized carbons (Fsp3) is 0.355. The summed E-state index contributed by atoms with van der Waals surface area (Å²) in [6, 6.07) is 18.7. The summed E-state index contributed by atoms with van der Waals surface area (Å²) in [6.07, 6.45) is 3.85. The maximum absolute atomic E-state index is 14.2. The van der Waals surface area contributed by atoms with Crippen molar-refractivity contribution < 1.29 is 22.7 Å². The van der Waals surface area contributed by atoms with Crippen molar-refractivity contribution in [3.63, 3.8) is 0 Å². The molecule has 1 saturated carbocycles. The Hall–Kier alpha value is -3.27. The molecular formula is C31H35Cl2N3O5S. The molecule has 1 N–H and O–H groups in total. The third kappa shape index (κ3) is 7.56. The Kier molecular flexibility index (Phi) is 10.8. The number of carbonyl (C=O) groups is 2. The minimum Gasteiger partial charge on any atom is -0.492 e. The van der Waals surface area contributed by atoms with Gasteiger partial charge in [0.05, 0.1) is 27.2 Å². The maximum atomic E-state index is 14.2. The van der Waals surface area contributed by atoms with E-state index in [0.717, 1.165) is 30.0 Å². The van der Waals surface area contributed by atoms with Crippen LogP contribution in [0, 0.1) is 0 Å². The molecule has 3 aromatic rings. The molecule has 0 aliphatic heterocycles. The van der Waals surface area contributed by atoms with Crippen molar-refractivity contribution in [2.45, 2.75) is 63.1 Å². The van der Waals surface area contributed by atoms with Crippen LogP contribution >= 0.6 is 23.2 Å². The Morgan fingerprint density at radius 3 is 2.31 bits per heavy atom. The number of nitrogens with one attached hydrogen (secondary N) is 1. The molecule has 42 heavy (non-hydrogen) atoms. The van der Waals surface area contributed by atoms with Gasteiger partial charge in [-0.3, -0.25) is 13.9 Å². The van der Waals surface area contributed by atoms with Crippen LogP contribution in [0.3, 0.4) is 0 Å². The van der Waals surface area contributed by atoms with Crippen molar-refractivity contribution in [1.82, 2.24) is 10.2 Å². The summed E-state index contributed by atoms with van der Waals surface area (Å²) in [4.78, 5) is 28.9. The SMILES string of the molecule is CCOc1ccccc1N(CC(=O)N(Cc1ccc(Cl)c(Cl)c1)C(C)C(=O)NC1CCCC1)S(=O)(=O)c1ccccc1. The van der Waals surface area contributed by atoms with Gasteiger partial charge in [-0.25, -0.2) is 8.42 Å². The van der Waals surface area contributed by atoms with E-state index in [9.17, 15) is 18.0 Å². The number of hydrogen-bond donors (Lipinski definition) is 1. The summed E-state index contributed by atoms with van der Waals surface area (Å²) in [5.41, 5.74) is 0.861. The zero-order chi connectivity index (χ0) is 30.3. The van der Waals surface area contributed by atoms with Gasteiger partial charge in [0.15, 0.2) is 0 Å². The average molecular weight is 633 g/mol. The Morgan fingerprint density at radius 2 is 1.64 bits per heavy atom. The first-order valence-electron chi connectivity index (χ1n) is 13.9. The van der Waals surface area contributed by atoms with E-state index in [-0.39, 0.29) is 29.1 Å². The molecule has 0 spiro atoms. The molecule has 0 saturated heterocycles. The van der Waals surface area contributed by atoms with Crippen molar-refractivity contribution in [2.75, 3.05) is 17.5 Å². The second-order valence-corrected chi connectivity index (χ2v) is 12.8. The number of benzene rings is 3. The predicted octanol–water partition coefficient (Wildman–Crippen LogP) is 6.06. The van der Waals surface area contributed by atoms with Crippen molar-refractivity contribution >= 4 is 50.7 Å². The number of amides is 2. The molecule has 0 radical (unpaired) electrons. The van der Waals surface area contributed by atoms with E-state index >= 15 is 0 Å². The van der Waals surface area contributed by atoms with E-state index in [1.54, 1.807) is 74.5 Å². The molecule has 0 bridgehead atoms. The van der Waals surface area contributed by atoms with Crippen LogP contribution < -0.4 is 14.4 Å². The van der Waals surface area contributed by atoms with E-state index in [1.165, 1.54) is 17.0 Å².